The monoisotopic (exact) mass is 259 g/mol. The second-order valence-electron chi connectivity index (χ2n) is 4.28. The molecule has 0 saturated heterocycles. The predicted octanol–water partition coefficient (Wildman–Crippen LogP) is 3.47. The average molecular weight is 260 g/mol. The van der Waals surface area contributed by atoms with E-state index in [1.807, 2.05) is 0 Å². The van der Waals surface area contributed by atoms with E-state index in [2.05, 4.69) is 13.8 Å². The van der Waals surface area contributed by atoms with E-state index in [1.54, 1.807) is 18.2 Å². The summed E-state index contributed by atoms with van der Waals surface area (Å²) in [5.41, 5.74) is 6.26. The summed E-state index contributed by atoms with van der Waals surface area (Å²) in [6.07, 6.45) is 2.04. The molecule has 0 radical (unpaired) electrons. The lowest BCUT2D eigenvalue weighted by Gasteiger charge is -2.07. The van der Waals surface area contributed by atoms with Gasteiger partial charge in [0.2, 0.25) is 0 Å². The fourth-order valence-corrected chi connectivity index (χ4v) is 3.00. The highest BCUT2D eigenvalue weighted by Crippen LogP contribution is 2.23. The first kappa shape index (κ1) is 13.5. The molecule has 0 spiro atoms. The van der Waals surface area contributed by atoms with E-state index in [4.69, 9.17) is 17.3 Å². The molecule has 4 heteroatoms. The molecule has 2 nitrogen and oxygen atoms in total. The first-order chi connectivity index (χ1) is 7.50. The molecule has 1 atom stereocenters. The molecule has 0 heterocycles. The molecule has 0 aliphatic carbocycles. The van der Waals surface area contributed by atoms with E-state index >= 15 is 0 Å². The van der Waals surface area contributed by atoms with Gasteiger partial charge in [0.25, 0.3) is 0 Å². The van der Waals surface area contributed by atoms with Crippen molar-refractivity contribution < 1.29 is 4.21 Å². The number of halogens is 1. The summed E-state index contributed by atoms with van der Waals surface area (Å²) in [4.78, 5) is 0.658. The molecule has 0 saturated carbocycles. The van der Waals surface area contributed by atoms with Gasteiger partial charge >= 0.3 is 0 Å². The SMILES string of the molecule is CC(C)CCCS(=O)c1cc(N)ccc1Cl. The summed E-state index contributed by atoms with van der Waals surface area (Å²) >= 11 is 5.98. The molecule has 0 fully saturated rings. The van der Waals surface area contributed by atoms with Crippen LogP contribution in [0, 0.1) is 5.92 Å². The van der Waals surface area contributed by atoms with Gasteiger partial charge in [-0.3, -0.25) is 4.21 Å². The molecule has 16 heavy (non-hydrogen) atoms. The van der Waals surface area contributed by atoms with Crippen LogP contribution in [0.25, 0.3) is 0 Å². The van der Waals surface area contributed by atoms with Gasteiger partial charge in [0.15, 0.2) is 0 Å². The van der Waals surface area contributed by atoms with Gasteiger partial charge in [0.1, 0.15) is 0 Å². The molecule has 1 aromatic rings. The molecule has 0 aliphatic rings. The third-order valence-corrected chi connectivity index (χ3v) is 4.24. The first-order valence-corrected chi connectivity index (χ1v) is 7.14. The molecule has 2 N–H and O–H groups in total. The van der Waals surface area contributed by atoms with Crippen molar-refractivity contribution in [2.45, 2.75) is 31.6 Å². The first-order valence-electron chi connectivity index (χ1n) is 5.44. The topological polar surface area (TPSA) is 43.1 Å². The van der Waals surface area contributed by atoms with Crippen LogP contribution in [0.4, 0.5) is 5.69 Å². The number of rotatable bonds is 5. The molecule has 90 valence electrons. The number of nitrogens with two attached hydrogens (primary N) is 1. The van der Waals surface area contributed by atoms with Crippen LogP contribution in [-0.4, -0.2) is 9.96 Å². The Kier molecular flexibility index (Phi) is 5.29. The Labute approximate surface area is 105 Å². The van der Waals surface area contributed by atoms with Gasteiger partial charge in [-0.15, -0.1) is 0 Å². The average Bonchev–Trinajstić information content (AvgIpc) is 2.21. The van der Waals surface area contributed by atoms with Gasteiger partial charge in [-0.2, -0.15) is 0 Å². The number of hydrogen-bond donors (Lipinski definition) is 1. The van der Waals surface area contributed by atoms with Gasteiger partial charge in [-0.05, 0) is 30.5 Å². The van der Waals surface area contributed by atoms with Crippen molar-refractivity contribution in [2.24, 2.45) is 5.92 Å². The Bertz CT molecular complexity index is 379. The van der Waals surface area contributed by atoms with Crippen LogP contribution in [0.3, 0.4) is 0 Å². The van der Waals surface area contributed by atoms with Crippen molar-refractivity contribution in [2.75, 3.05) is 11.5 Å². The van der Waals surface area contributed by atoms with Gasteiger partial charge in [0, 0.05) is 11.4 Å². The quantitative estimate of drug-likeness (QED) is 0.823. The Balaban J connectivity index is 2.62. The molecule has 1 unspecified atom stereocenters. The maximum atomic E-state index is 12.0. The van der Waals surface area contributed by atoms with Crippen LogP contribution >= 0.6 is 11.6 Å². The summed E-state index contributed by atoms with van der Waals surface area (Å²) < 4.78 is 12.0. The molecule has 0 amide bonds. The Morgan fingerprint density at radius 1 is 1.44 bits per heavy atom. The van der Waals surface area contributed by atoms with Crippen LogP contribution in [0.15, 0.2) is 23.1 Å². The lowest BCUT2D eigenvalue weighted by Crippen LogP contribution is -2.01. The van der Waals surface area contributed by atoms with Crippen molar-refractivity contribution in [3.8, 4) is 0 Å². The largest absolute Gasteiger partial charge is 0.399 e. The molecule has 0 aromatic heterocycles. The van der Waals surface area contributed by atoms with Crippen LogP contribution in [0.2, 0.25) is 5.02 Å². The summed E-state index contributed by atoms with van der Waals surface area (Å²) in [6, 6.07) is 5.12. The number of hydrogen-bond acceptors (Lipinski definition) is 2. The zero-order valence-corrected chi connectivity index (χ0v) is 11.3. The van der Waals surface area contributed by atoms with Crippen LogP contribution in [-0.2, 0) is 10.8 Å². The lowest BCUT2D eigenvalue weighted by molar-refractivity contribution is 0.575. The molecule has 1 aromatic carbocycles. The molecular formula is C12H18ClNOS. The highest BCUT2D eigenvalue weighted by atomic mass is 35.5. The molecule has 0 aliphatic heterocycles. The third-order valence-electron chi connectivity index (χ3n) is 2.31. The van der Waals surface area contributed by atoms with E-state index in [9.17, 15) is 4.21 Å². The summed E-state index contributed by atoms with van der Waals surface area (Å²) in [6.45, 7) is 4.33. The van der Waals surface area contributed by atoms with E-state index < -0.39 is 10.8 Å². The fourth-order valence-electron chi connectivity index (χ4n) is 1.43. The zero-order chi connectivity index (χ0) is 12.1. The third kappa shape index (κ3) is 4.14. The van der Waals surface area contributed by atoms with Crippen molar-refractivity contribution in [3.63, 3.8) is 0 Å². The second kappa shape index (κ2) is 6.26. The van der Waals surface area contributed by atoms with E-state index in [0.29, 0.717) is 27.3 Å². The minimum Gasteiger partial charge on any atom is -0.399 e. The summed E-state index contributed by atoms with van der Waals surface area (Å²) in [5, 5.41) is 0.539. The molecule has 0 bridgehead atoms. The second-order valence-corrected chi connectivity index (χ2v) is 6.22. The maximum absolute atomic E-state index is 12.0. The Morgan fingerprint density at radius 3 is 2.75 bits per heavy atom. The predicted molar refractivity (Wildman–Crippen MR) is 71.2 cm³/mol. The number of anilines is 1. The minimum atomic E-state index is -1.03. The van der Waals surface area contributed by atoms with Gasteiger partial charge in [-0.1, -0.05) is 31.9 Å². The Hall–Kier alpha value is -0.540. The van der Waals surface area contributed by atoms with Crippen LogP contribution in [0.1, 0.15) is 26.7 Å². The standard InChI is InChI=1S/C12H18ClNOS/c1-9(2)4-3-7-16(15)12-8-10(14)5-6-11(12)13/h5-6,8-9H,3-4,7,14H2,1-2H3. The number of nitrogen functional groups attached to an aromatic ring is 1. The molecular weight excluding hydrogens is 242 g/mol. The smallest absolute Gasteiger partial charge is 0.0594 e. The van der Waals surface area contributed by atoms with Crippen LogP contribution in [0.5, 0.6) is 0 Å². The fraction of sp³-hybridized carbons (Fsp3) is 0.500. The van der Waals surface area contributed by atoms with Gasteiger partial charge < -0.3 is 5.73 Å². The normalized spacial score (nSPS) is 13.0. The van der Waals surface area contributed by atoms with E-state index in [1.165, 1.54) is 0 Å². The lowest BCUT2D eigenvalue weighted by atomic mass is 10.1. The van der Waals surface area contributed by atoms with Crippen molar-refractivity contribution in [3.05, 3.63) is 23.2 Å². The van der Waals surface area contributed by atoms with Crippen molar-refractivity contribution in [1.82, 2.24) is 0 Å². The van der Waals surface area contributed by atoms with Crippen LogP contribution < -0.4 is 5.73 Å². The minimum absolute atomic E-state index is 0.539. The van der Waals surface area contributed by atoms with Crippen molar-refractivity contribution >= 4 is 28.1 Å². The zero-order valence-electron chi connectivity index (χ0n) is 9.70. The maximum Gasteiger partial charge on any atom is 0.0594 e. The Morgan fingerprint density at radius 2 is 2.12 bits per heavy atom. The van der Waals surface area contributed by atoms with Gasteiger partial charge in [-0.25, -0.2) is 0 Å². The van der Waals surface area contributed by atoms with E-state index in [-0.39, 0.29) is 0 Å². The van der Waals surface area contributed by atoms with Crippen molar-refractivity contribution in [1.29, 1.82) is 0 Å². The highest BCUT2D eigenvalue weighted by molar-refractivity contribution is 7.85. The summed E-state index contributed by atoms with van der Waals surface area (Å²) in [5.74, 6) is 1.30. The number of benzene rings is 1. The highest BCUT2D eigenvalue weighted by Gasteiger charge is 2.09. The molecule has 1 rings (SSSR count). The van der Waals surface area contributed by atoms with Gasteiger partial charge in [0.05, 0.1) is 20.7 Å². The van der Waals surface area contributed by atoms with E-state index in [0.717, 1.165) is 12.8 Å². The summed E-state index contributed by atoms with van der Waals surface area (Å²) in [7, 11) is -1.03.